The molecular formula is C12H10ClN3O. The Morgan fingerprint density at radius 3 is 2.94 bits per heavy atom. The molecule has 17 heavy (non-hydrogen) atoms. The zero-order valence-corrected chi connectivity index (χ0v) is 9.90. The van der Waals surface area contributed by atoms with Crippen LogP contribution < -0.4 is 5.73 Å². The van der Waals surface area contributed by atoms with Crippen LogP contribution in [-0.2, 0) is 7.05 Å². The molecule has 0 aliphatic rings. The van der Waals surface area contributed by atoms with Crippen molar-refractivity contribution >= 4 is 28.5 Å². The van der Waals surface area contributed by atoms with Crippen molar-refractivity contribution in [1.82, 2.24) is 9.55 Å². The lowest BCUT2D eigenvalue weighted by atomic mass is 10.1. The highest BCUT2D eigenvalue weighted by Crippen LogP contribution is 2.32. The Balaban J connectivity index is 2.31. The third-order valence-electron chi connectivity index (χ3n) is 2.74. The number of benzene rings is 1. The second kappa shape index (κ2) is 3.53. The molecule has 0 aliphatic heterocycles. The number of aryl methyl sites for hydroxylation is 1. The second-order valence-corrected chi connectivity index (χ2v) is 4.31. The minimum Gasteiger partial charge on any atom is -0.424 e. The van der Waals surface area contributed by atoms with Gasteiger partial charge in [0.1, 0.15) is 0 Å². The summed E-state index contributed by atoms with van der Waals surface area (Å²) in [5.74, 6) is 0.662. The highest BCUT2D eigenvalue weighted by atomic mass is 35.5. The van der Waals surface area contributed by atoms with Crippen LogP contribution in [0, 0.1) is 0 Å². The SMILES string of the molecule is Cn1cc(-c2cnc(N)o2)c2ccc(Cl)cc21. The van der Waals surface area contributed by atoms with Gasteiger partial charge in [0.2, 0.25) is 0 Å². The van der Waals surface area contributed by atoms with Crippen molar-refractivity contribution in [2.75, 3.05) is 5.73 Å². The molecule has 2 heterocycles. The van der Waals surface area contributed by atoms with Crippen molar-refractivity contribution in [2.45, 2.75) is 0 Å². The molecule has 2 aromatic heterocycles. The third kappa shape index (κ3) is 1.57. The summed E-state index contributed by atoms with van der Waals surface area (Å²) in [5.41, 5.74) is 7.49. The molecule has 0 fully saturated rings. The summed E-state index contributed by atoms with van der Waals surface area (Å²) >= 11 is 5.98. The van der Waals surface area contributed by atoms with Crippen molar-refractivity contribution in [2.24, 2.45) is 7.05 Å². The Morgan fingerprint density at radius 2 is 2.24 bits per heavy atom. The highest BCUT2D eigenvalue weighted by Gasteiger charge is 2.12. The molecule has 1 aromatic carbocycles. The second-order valence-electron chi connectivity index (χ2n) is 3.88. The molecule has 0 saturated heterocycles. The monoisotopic (exact) mass is 247 g/mol. The summed E-state index contributed by atoms with van der Waals surface area (Å²) in [5, 5.41) is 1.77. The first-order valence-corrected chi connectivity index (χ1v) is 5.49. The van der Waals surface area contributed by atoms with Crippen LogP contribution >= 0.6 is 11.6 Å². The molecule has 0 aliphatic carbocycles. The Labute approximate surface area is 103 Å². The number of aromatic nitrogens is 2. The van der Waals surface area contributed by atoms with E-state index in [4.69, 9.17) is 21.8 Å². The van der Waals surface area contributed by atoms with Crippen molar-refractivity contribution in [3.63, 3.8) is 0 Å². The van der Waals surface area contributed by atoms with Gasteiger partial charge in [-0.2, -0.15) is 0 Å². The molecule has 0 saturated carbocycles. The Hall–Kier alpha value is -1.94. The number of oxazole rings is 1. The van der Waals surface area contributed by atoms with Crippen LogP contribution in [0.1, 0.15) is 0 Å². The summed E-state index contributed by atoms with van der Waals surface area (Å²) in [4.78, 5) is 3.90. The molecule has 3 aromatic rings. The van der Waals surface area contributed by atoms with Gasteiger partial charge in [0.25, 0.3) is 6.01 Å². The van der Waals surface area contributed by atoms with Gasteiger partial charge in [-0.1, -0.05) is 17.7 Å². The maximum atomic E-state index is 5.98. The summed E-state index contributed by atoms with van der Waals surface area (Å²) in [6.45, 7) is 0. The standard InChI is InChI=1S/C12H10ClN3O/c1-16-6-9(11-5-15-12(14)17-11)8-3-2-7(13)4-10(8)16/h2-6H,1H3,(H2,14,15). The topological polar surface area (TPSA) is 57.0 Å². The molecule has 86 valence electrons. The molecule has 0 unspecified atom stereocenters. The van der Waals surface area contributed by atoms with Crippen LogP contribution in [0.15, 0.2) is 35.0 Å². The van der Waals surface area contributed by atoms with E-state index in [2.05, 4.69) is 4.98 Å². The lowest BCUT2D eigenvalue weighted by Crippen LogP contribution is -1.82. The van der Waals surface area contributed by atoms with Gasteiger partial charge in [-0.05, 0) is 12.1 Å². The number of hydrogen-bond acceptors (Lipinski definition) is 3. The molecule has 0 amide bonds. The van der Waals surface area contributed by atoms with Crippen LogP contribution in [0.2, 0.25) is 5.02 Å². The van der Waals surface area contributed by atoms with Crippen LogP contribution in [0.5, 0.6) is 0 Å². The highest BCUT2D eigenvalue weighted by molar-refractivity contribution is 6.31. The number of nitrogens with two attached hydrogens (primary N) is 1. The minimum atomic E-state index is 0.172. The van der Waals surface area contributed by atoms with E-state index in [0.717, 1.165) is 16.5 Å². The van der Waals surface area contributed by atoms with E-state index in [1.807, 2.05) is 36.0 Å². The van der Waals surface area contributed by atoms with E-state index in [1.165, 1.54) is 0 Å². The molecule has 0 atom stereocenters. The van der Waals surface area contributed by atoms with E-state index in [0.29, 0.717) is 10.8 Å². The van der Waals surface area contributed by atoms with Crippen molar-refractivity contribution < 1.29 is 4.42 Å². The van der Waals surface area contributed by atoms with Gasteiger partial charge in [-0.25, -0.2) is 4.98 Å². The summed E-state index contributed by atoms with van der Waals surface area (Å²) < 4.78 is 7.34. The van der Waals surface area contributed by atoms with Crippen molar-refractivity contribution in [1.29, 1.82) is 0 Å². The van der Waals surface area contributed by atoms with E-state index >= 15 is 0 Å². The van der Waals surface area contributed by atoms with Gasteiger partial charge in [-0.15, -0.1) is 0 Å². The minimum absolute atomic E-state index is 0.172. The summed E-state index contributed by atoms with van der Waals surface area (Å²) in [6, 6.07) is 5.91. The number of nitrogens with zero attached hydrogens (tertiary/aromatic N) is 2. The van der Waals surface area contributed by atoms with Crippen LogP contribution in [0.25, 0.3) is 22.2 Å². The number of nitrogen functional groups attached to an aromatic ring is 1. The predicted molar refractivity (Wildman–Crippen MR) is 67.8 cm³/mol. The Kier molecular flexibility index (Phi) is 2.12. The fraction of sp³-hybridized carbons (Fsp3) is 0.0833. The average molecular weight is 248 g/mol. The third-order valence-corrected chi connectivity index (χ3v) is 2.98. The lowest BCUT2D eigenvalue weighted by Gasteiger charge is -1.96. The molecule has 4 nitrogen and oxygen atoms in total. The molecule has 0 spiro atoms. The quantitative estimate of drug-likeness (QED) is 0.719. The zero-order chi connectivity index (χ0) is 12.0. The fourth-order valence-electron chi connectivity index (χ4n) is 1.97. The van der Waals surface area contributed by atoms with Gasteiger partial charge in [-0.3, -0.25) is 0 Å². The lowest BCUT2D eigenvalue weighted by molar-refractivity contribution is 0.595. The number of fused-ring (bicyclic) bond motifs is 1. The van der Waals surface area contributed by atoms with Gasteiger partial charge in [0.15, 0.2) is 5.76 Å². The molecule has 3 rings (SSSR count). The van der Waals surface area contributed by atoms with Gasteiger partial charge >= 0.3 is 0 Å². The number of hydrogen-bond donors (Lipinski definition) is 1. The molecular weight excluding hydrogens is 238 g/mol. The van der Waals surface area contributed by atoms with Crippen molar-refractivity contribution in [3.05, 3.63) is 35.6 Å². The first-order chi connectivity index (χ1) is 8.15. The summed E-state index contributed by atoms with van der Waals surface area (Å²) in [7, 11) is 1.96. The Morgan fingerprint density at radius 1 is 1.41 bits per heavy atom. The fourth-order valence-corrected chi connectivity index (χ4v) is 2.13. The molecule has 5 heteroatoms. The van der Waals surface area contributed by atoms with Gasteiger partial charge in [0, 0.05) is 34.7 Å². The smallest absolute Gasteiger partial charge is 0.292 e. The number of halogens is 1. The largest absolute Gasteiger partial charge is 0.424 e. The van der Waals surface area contributed by atoms with E-state index in [-0.39, 0.29) is 6.01 Å². The Bertz CT molecular complexity index is 699. The van der Waals surface area contributed by atoms with Gasteiger partial charge < -0.3 is 14.7 Å². The number of rotatable bonds is 1. The van der Waals surface area contributed by atoms with E-state index < -0.39 is 0 Å². The number of anilines is 1. The first kappa shape index (κ1) is 10.2. The van der Waals surface area contributed by atoms with Crippen LogP contribution in [0.3, 0.4) is 0 Å². The molecule has 2 N–H and O–H groups in total. The molecule has 0 radical (unpaired) electrons. The molecule has 0 bridgehead atoms. The average Bonchev–Trinajstić information content (AvgIpc) is 2.84. The van der Waals surface area contributed by atoms with E-state index in [1.54, 1.807) is 6.20 Å². The summed E-state index contributed by atoms with van der Waals surface area (Å²) in [6.07, 6.45) is 3.60. The maximum Gasteiger partial charge on any atom is 0.292 e. The zero-order valence-electron chi connectivity index (χ0n) is 9.14. The first-order valence-electron chi connectivity index (χ1n) is 5.11. The van der Waals surface area contributed by atoms with Crippen LogP contribution in [0.4, 0.5) is 6.01 Å². The van der Waals surface area contributed by atoms with Gasteiger partial charge in [0.05, 0.1) is 6.20 Å². The maximum absolute atomic E-state index is 5.98. The van der Waals surface area contributed by atoms with Crippen molar-refractivity contribution in [3.8, 4) is 11.3 Å². The normalized spacial score (nSPS) is 11.2. The predicted octanol–water partition coefficient (Wildman–Crippen LogP) is 3.07. The van der Waals surface area contributed by atoms with Crippen LogP contribution in [-0.4, -0.2) is 9.55 Å². The van der Waals surface area contributed by atoms with E-state index in [9.17, 15) is 0 Å².